The Kier molecular flexibility index (Phi) is 10.2. The summed E-state index contributed by atoms with van der Waals surface area (Å²) >= 11 is 0. The third kappa shape index (κ3) is 6.00. The van der Waals surface area contributed by atoms with Crippen LogP contribution in [0.15, 0.2) is 24.3 Å². The van der Waals surface area contributed by atoms with Crippen LogP contribution in [0.5, 0.6) is 0 Å². The fraction of sp³-hybridized carbons (Fsp3) is 0.375. The first kappa shape index (κ1) is 24.5. The number of benzene rings is 1. The summed E-state index contributed by atoms with van der Waals surface area (Å²) in [5, 5.41) is 5.38. The van der Waals surface area contributed by atoms with E-state index in [0.717, 1.165) is 0 Å². The van der Waals surface area contributed by atoms with Crippen LogP contribution in [0, 0.1) is 0 Å². The van der Waals surface area contributed by atoms with Crippen LogP contribution in [-0.4, -0.2) is 55.0 Å². The zero-order chi connectivity index (χ0) is 19.9. The number of imide groups is 1. The molecule has 1 aromatic rings. The maximum absolute atomic E-state index is 11.9. The van der Waals surface area contributed by atoms with E-state index in [0.29, 0.717) is 5.06 Å². The maximum atomic E-state index is 11.9. The number of amides is 4. The van der Waals surface area contributed by atoms with Gasteiger partial charge in [-0.25, -0.2) is 10.7 Å². The first-order valence-corrected chi connectivity index (χ1v) is 7.71. The summed E-state index contributed by atoms with van der Waals surface area (Å²) in [5.74, 6) is 2.96. The fourth-order valence-electron chi connectivity index (χ4n) is 1.94. The Balaban J connectivity index is 0.000000645. The number of nitrogens with one attached hydrogen (secondary N) is 2. The van der Waals surface area contributed by atoms with Gasteiger partial charge in [0.05, 0.1) is 11.1 Å². The second-order valence-electron chi connectivity index (χ2n) is 5.20. The van der Waals surface area contributed by atoms with Crippen LogP contribution in [0.1, 0.15) is 34.6 Å². The number of fused-ring (bicyclic) bond motifs is 1. The highest BCUT2D eigenvalue weighted by atomic mass is 35.5. The van der Waals surface area contributed by atoms with Crippen molar-refractivity contribution in [1.29, 1.82) is 0 Å². The largest absolute Gasteiger partial charge is 0.357 e. The lowest BCUT2D eigenvalue weighted by Crippen LogP contribution is -2.40. The van der Waals surface area contributed by atoms with Gasteiger partial charge in [-0.3, -0.25) is 24.0 Å². The molecule has 2 unspecified atom stereocenters. The van der Waals surface area contributed by atoms with E-state index in [1.165, 1.54) is 21.0 Å². The molecule has 0 spiro atoms. The summed E-state index contributed by atoms with van der Waals surface area (Å²) in [6.45, 7) is 3.03. The number of carbonyl (C=O) groups is 4. The van der Waals surface area contributed by atoms with E-state index in [1.54, 1.807) is 31.2 Å². The van der Waals surface area contributed by atoms with Crippen molar-refractivity contribution in [2.45, 2.75) is 26.1 Å². The summed E-state index contributed by atoms with van der Waals surface area (Å²) in [4.78, 5) is 54.8. The minimum Gasteiger partial charge on any atom is -0.357 e. The summed E-state index contributed by atoms with van der Waals surface area (Å²) < 4.78 is 0. The highest BCUT2D eigenvalue weighted by Crippen LogP contribution is 2.23. The van der Waals surface area contributed by atoms with Gasteiger partial charge in [-0.15, -0.1) is 17.5 Å². The van der Waals surface area contributed by atoms with Crippen molar-refractivity contribution in [1.82, 2.24) is 15.7 Å². The first-order chi connectivity index (χ1) is 12.3. The minimum atomic E-state index is -0.919. The number of hydroxylamine groups is 2. The lowest BCUT2D eigenvalue weighted by atomic mass is 10.1. The summed E-state index contributed by atoms with van der Waals surface area (Å²) in [6.07, 6.45) is -1.47. The molecule has 0 bridgehead atoms. The molecule has 2 atom stereocenters. The van der Waals surface area contributed by atoms with Crippen molar-refractivity contribution in [3.63, 3.8) is 0 Å². The average Bonchev–Trinajstić information content (AvgIpc) is 2.91. The summed E-state index contributed by atoms with van der Waals surface area (Å²) in [5.41, 5.74) is 0.568. The molecule has 4 amide bonds. The van der Waals surface area contributed by atoms with E-state index in [9.17, 15) is 19.2 Å². The molecule has 10 nitrogen and oxygen atoms in total. The van der Waals surface area contributed by atoms with Gasteiger partial charge >= 0.3 is 0 Å². The van der Waals surface area contributed by atoms with Gasteiger partial charge in [-0.05, 0) is 26.0 Å². The molecule has 1 aromatic carbocycles. The number of halogens is 1. The van der Waals surface area contributed by atoms with Gasteiger partial charge in [0.1, 0.15) is 0 Å². The molecule has 0 fully saturated rings. The van der Waals surface area contributed by atoms with E-state index < -0.39 is 29.9 Å². The first-order valence-electron chi connectivity index (χ1n) is 7.71. The molecule has 0 aromatic heterocycles. The molecule has 27 heavy (non-hydrogen) atoms. The minimum absolute atomic E-state index is 0. The van der Waals surface area contributed by atoms with Gasteiger partial charge in [0, 0.05) is 14.1 Å². The van der Waals surface area contributed by atoms with E-state index in [4.69, 9.17) is 4.84 Å². The van der Waals surface area contributed by atoms with Gasteiger partial charge in [-0.2, -0.15) is 0 Å². The van der Waals surface area contributed by atoms with Crippen molar-refractivity contribution >= 4 is 36.0 Å². The van der Waals surface area contributed by atoms with Crippen molar-refractivity contribution in [2.75, 3.05) is 14.1 Å². The van der Waals surface area contributed by atoms with Crippen LogP contribution in [0.3, 0.4) is 0 Å². The van der Waals surface area contributed by atoms with Crippen LogP contribution in [0.2, 0.25) is 0 Å². The van der Waals surface area contributed by atoms with Crippen LogP contribution in [0.25, 0.3) is 0 Å². The van der Waals surface area contributed by atoms with Crippen molar-refractivity contribution in [2.24, 2.45) is 5.90 Å². The summed E-state index contributed by atoms with van der Waals surface area (Å²) in [6, 6.07) is 6.42. The quantitative estimate of drug-likeness (QED) is 0.457. The molecule has 1 aliphatic rings. The van der Waals surface area contributed by atoms with Crippen LogP contribution < -0.4 is 16.5 Å². The van der Waals surface area contributed by atoms with Crippen molar-refractivity contribution < 1.29 is 28.9 Å². The monoisotopic (exact) mass is 402 g/mol. The van der Waals surface area contributed by atoms with E-state index in [1.807, 2.05) is 0 Å². The van der Waals surface area contributed by atoms with Gasteiger partial charge in [0.15, 0.2) is 12.2 Å². The molecule has 2 rings (SSSR count). The molecule has 4 N–H and O–H groups in total. The number of nitrogens with two attached hydrogens (primary N) is 1. The molecule has 0 radical (unpaired) electrons. The Morgan fingerprint density at radius 2 is 1.37 bits per heavy atom. The van der Waals surface area contributed by atoms with Crippen LogP contribution in [0.4, 0.5) is 0 Å². The zero-order valence-corrected chi connectivity index (χ0v) is 16.2. The third-order valence-electron chi connectivity index (χ3n) is 3.46. The van der Waals surface area contributed by atoms with E-state index in [2.05, 4.69) is 21.4 Å². The molecular weight excluding hydrogens is 380 g/mol. The van der Waals surface area contributed by atoms with Gasteiger partial charge in [0.2, 0.25) is 0 Å². The lowest BCUT2D eigenvalue weighted by molar-refractivity contribution is -0.156. The second-order valence-corrected chi connectivity index (χ2v) is 5.20. The number of hydrogen-bond acceptors (Lipinski definition) is 7. The number of nitrogens with zero attached hydrogens (tertiary/aromatic N) is 1. The molecule has 0 saturated carbocycles. The molecule has 1 aliphatic heterocycles. The molecule has 11 heteroatoms. The van der Waals surface area contributed by atoms with Crippen molar-refractivity contribution in [3.8, 4) is 0 Å². The standard InChI is InChI=1S/C12H12N2O4.C4H10N2O2.ClH/c1-7(10(15)13-2)18-14-11(16)8-5-3-4-6-9(8)12(14)17;1-3(8-5)4(7)6-2;/h3-7H,1-2H3,(H,13,15);3H,5H2,1-2H3,(H,6,7);1H. The second kappa shape index (κ2) is 11.2. The molecule has 1 heterocycles. The fourth-order valence-corrected chi connectivity index (χ4v) is 1.94. The predicted molar refractivity (Wildman–Crippen MR) is 97.6 cm³/mol. The highest BCUT2D eigenvalue weighted by Gasteiger charge is 2.38. The maximum Gasteiger partial charge on any atom is 0.285 e. The number of hydrogen-bond donors (Lipinski definition) is 3. The normalized spacial score (nSPS) is 14.2. The van der Waals surface area contributed by atoms with Gasteiger partial charge < -0.3 is 10.6 Å². The SMILES string of the molecule is CNC(=O)C(C)ON.CNC(=O)C(C)ON1C(=O)c2ccccc2C1=O.Cl. The Hall–Kier alpha value is -2.53. The topological polar surface area (TPSA) is 140 Å². The van der Waals surface area contributed by atoms with Crippen LogP contribution in [-0.2, 0) is 19.3 Å². The van der Waals surface area contributed by atoms with Gasteiger partial charge in [0.25, 0.3) is 23.6 Å². The number of carbonyl (C=O) groups excluding carboxylic acids is 4. The Bertz CT molecular complexity index is 664. The van der Waals surface area contributed by atoms with E-state index >= 15 is 0 Å². The van der Waals surface area contributed by atoms with Crippen LogP contribution >= 0.6 is 12.4 Å². The Morgan fingerprint density at radius 3 is 1.70 bits per heavy atom. The Labute approximate surface area is 162 Å². The smallest absolute Gasteiger partial charge is 0.285 e. The highest BCUT2D eigenvalue weighted by molar-refractivity contribution is 6.20. The third-order valence-corrected chi connectivity index (χ3v) is 3.46. The van der Waals surface area contributed by atoms with Crippen molar-refractivity contribution in [3.05, 3.63) is 35.4 Å². The number of rotatable bonds is 5. The molecule has 150 valence electrons. The number of likely N-dealkylation sites (N-methyl/N-ethyl adjacent to an activating group) is 2. The van der Waals surface area contributed by atoms with E-state index in [-0.39, 0.29) is 29.4 Å². The molecular formula is C16H23ClN4O6. The zero-order valence-electron chi connectivity index (χ0n) is 15.3. The Morgan fingerprint density at radius 1 is 0.963 bits per heavy atom. The molecule has 0 saturated heterocycles. The summed E-state index contributed by atoms with van der Waals surface area (Å²) in [7, 11) is 2.97. The van der Waals surface area contributed by atoms with Gasteiger partial charge in [-0.1, -0.05) is 12.1 Å². The molecule has 0 aliphatic carbocycles. The predicted octanol–water partition coefficient (Wildman–Crippen LogP) is -0.218. The average molecular weight is 403 g/mol. The lowest BCUT2D eigenvalue weighted by Gasteiger charge is -2.17.